The van der Waals surface area contributed by atoms with Gasteiger partial charge in [0.2, 0.25) is 17.7 Å². The number of piperidine rings is 1. The molecule has 1 fully saturated rings. The molecule has 0 saturated carbocycles. The van der Waals surface area contributed by atoms with Gasteiger partial charge in [-0.3, -0.25) is 14.4 Å². The Bertz CT molecular complexity index is 745. The largest absolute Gasteiger partial charge is 0.392 e. The lowest BCUT2D eigenvalue weighted by atomic mass is 9.92. The number of hydrogen-bond donors (Lipinski definition) is 5. The lowest BCUT2D eigenvalue weighted by molar-refractivity contribution is -0.131. The van der Waals surface area contributed by atoms with Crippen LogP contribution in [0.5, 0.6) is 0 Å². The number of amides is 3. The first-order valence-corrected chi connectivity index (χ1v) is 11.6. The molecule has 3 amide bonds. The first-order chi connectivity index (χ1) is 15.3. The van der Waals surface area contributed by atoms with E-state index in [9.17, 15) is 14.4 Å². The van der Waals surface area contributed by atoms with Crippen molar-refractivity contribution < 1.29 is 19.5 Å². The van der Waals surface area contributed by atoms with Crippen LogP contribution in [-0.2, 0) is 21.0 Å². The van der Waals surface area contributed by atoms with E-state index in [4.69, 9.17) is 5.11 Å². The van der Waals surface area contributed by atoms with Crippen molar-refractivity contribution in [1.82, 2.24) is 16.0 Å². The van der Waals surface area contributed by atoms with Gasteiger partial charge in [-0.05, 0) is 75.2 Å². The molecule has 2 rings (SSSR count). The lowest BCUT2D eigenvalue weighted by Crippen LogP contribution is -2.53. The summed E-state index contributed by atoms with van der Waals surface area (Å²) in [6, 6.07) is 5.36. The predicted octanol–water partition coefficient (Wildman–Crippen LogP) is 1.93. The number of benzene rings is 1. The average Bonchev–Trinajstić information content (AvgIpc) is 2.78. The second-order valence-corrected chi connectivity index (χ2v) is 8.95. The van der Waals surface area contributed by atoms with Gasteiger partial charge in [-0.2, -0.15) is 0 Å². The van der Waals surface area contributed by atoms with Crippen LogP contribution in [0.2, 0.25) is 0 Å². The second-order valence-electron chi connectivity index (χ2n) is 8.95. The molecular formula is C24H38N4O4. The summed E-state index contributed by atoms with van der Waals surface area (Å²) in [5.74, 6) is -0.290. The van der Waals surface area contributed by atoms with Crippen molar-refractivity contribution in [2.24, 2.45) is 11.8 Å². The lowest BCUT2D eigenvalue weighted by Gasteiger charge is -2.24. The summed E-state index contributed by atoms with van der Waals surface area (Å²) in [6.45, 7) is 7.37. The van der Waals surface area contributed by atoms with Gasteiger partial charge >= 0.3 is 0 Å². The fourth-order valence-electron chi connectivity index (χ4n) is 3.81. The van der Waals surface area contributed by atoms with Crippen LogP contribution in [0.25, 0.3) is 0 Å². The van der Waals surface area contributed by atoms with Crippen molar-refractivity contribution in [2.45, 2.75) is 71.6 Å². The van der Waals surface area contributed by atoms with Crippen LogP contribution in [0.4, 0.5) is 5.69 Å². The SMILES string of the molecule is CC(NC(=O)C(NC(=O)CCCC1CCNCC1)C(C)C)C(=O)Nc1ccc(CO)cc1. The molecule has 2 unspecified atom stereocenters. The monoisotopic (exact) mass is 446 g/mol. The van der Waals surface area contributed by atoms with E-state index in [1.54, 1.807) is 31.2 Å². The van der Waals surface area contributed by atoms with Gasteiger partial charge in [0.25, 0.3) is 0 Å². The smallest absolute Gasteiger partial charge is 0.246 e. The van der Waals surface area contributed by atoms with Crippen molar-refractivity contribution >= 4 is 23.4 Å². The summed E-state index contributed by atoms with van der Waals surface area (Å²) < 4.78 is 0. The average molecular weight is 447 g/mol. The summed E-state index contributed by atoms with van der Waals surface area (Å²) >= 11 is 0. The fourth-order valence-corrected chi connectivity index (χ4v) is 3.81. The number of nitrogens with one attached hydrogen (secondary N) is 4. The summed E-state index contributed by atoms with van der Waals surface area (Å²) in [7, 11) is 0. The molecule has 5 N–H and O–H groups in total. The summed E-state index contributed by atoms with van der Waals surface area (Å²) in [5.41, 5.74) is 1.33. The molecule has 178 valence electrons. The van der Waals surface area contributed by atoms with E-state index in [-0.39, 0.29) is 30.2 Å². The van der Waals surface area contributed by atoms with Crippen molar-refractivity contribution in [3.05, 3.63) is 29.8 Å². The van der Waals surface area contributed by atoms with Crippen LogP contribution in [-0.4, -0.2) is 48.0 Å². The Kier molecular flexibility index (Phi) is 10.6. The summed E-state index contributed by atoms with van der Waals surface area (Å²) in [5, 5.41) is 20.7. The van der Waals surface area contributed by atoms with Gasteiger partial charge < -0.3 is 26.4 Å². The highest BCUT2D eigenvalue weighted by atomic mass is 16.3. The maximum atomic E-state index is 12.8. The van der Waals surface area contributed by atoms with E-state index in [1.807, 2.05) is 13.8 Å². The standard InChI is InChI=1S/C24H38N4O4/c1-16(2)22(28-21(30)6-4-5-18-11-13-25-14-12-18)24(32)26-17(3)23(31)27-20-9-7-19(15-29)8-10-20/h7-10,16-18,22,25,29H,4-6,11-15H2,1-3H3,(H,26,32)(H,27,31)(H,28,30). The molecule has 1 aromatic rings. The maximum absolute atomic E-state index is 12.8. The first-order valence-electron chi connectivity index (χ1n) is 11.6. The van der Waals surface area contributed by atoms with Crippen molar-refractivity contribution in [3.8, 4) is 0 Å². The minimum atomic E-state index is -0.766. The Morgan fingerprint density at radius 3 is 2.28 bits per heavy atom. The molecule has 0 aromatic heterocycles. The molecule has 1 aliphatic rings. The van der Waals surface area contributed by atoms with Crippen LogP contribution >= 0.6 is 0 Å². The number of rotatable bonds is 11. The molecule has 1 aliphatic heterocycles. The van der Waals surface area contributed by atoms with Crippen molar-refractivity contribution in [1.29, 1.82) is 0 Å². The molecule has 1 aromatic carbocycles. The van der Waals surface area contributed by atoms with Gasteiger partial charge in [0.15, 0.2) is 0 Å². The van der Waals surface area contributed by atoms with E-state index < -0.39 is 12.1 Å². The highest BCUT2D eigenvalue weighted by Crippen LogP contribution is 2.18. The highest BCUT2D eigenvalue weighted by Gasteiger charge is 2.27. The third-order valence-corrected chi connectivity index (χ3v) is 5.90. The third kappa shape index (κ3) is 8.59. The second kappa shape index (κ2) is 13.2. The molecule has 0 aliphatic carbocycles. The van der Waals surface area contributed by atoms with Crippen LogP contribution < -0.4 is 21.3 Å². The normalized spacial score (nSPS) is 16.3. The maximum Gasteiger partial charge on any atom is 0.246 e. The third-order valence-electron chi connectivity index (χ3n) is 5.90. The quantitative estimate of drug-likeness (QED) is 0.356. The van der Waals surface area contributed by atoms with E-state index in [2.05, 4.69) is 21.3 Å². The molecule has 0 radical (unpaired) electrons. The van der Waals surface area contributed by atoms with Crippen LogP contribution in [0.15, 0.2) is 24.3 Å². The van der Waals surface area contributed by atoms with Gasteiger partial charge in [-0.1, -0.05) is 26.0 Å². The minimum Gasteiger partial charge on any atom is -0.392 e. The molecule has 2 atom stereocenters. The van der Waals surface area contributed by atoms with Crippen LogP contribution in [0.3, 0.4) is 0 Å². The zero-order chi connectivity index (χ0) is 23.5. The van der Waals surface area contributed by atoms with E-state index in [1.165, 1.54) is 0 Å². The summed E-state index contributed by atoms with van der Waals surface area (Å²) in [4.78, 5) is 37.6. The number of carbonyl (C=O) groups is 3. The van der Waals surface area contributed by atoms with Crippen LogP contribution in [0, 0.1) is 11.8 Å². The van der Waals surface area contributed by atoms with Gasteiger partial charge in [0.1, 0.15) is 12.1 Å². The van der Waals surface area contributed by atoms with Gasteiger partial charge in [0, 0.05) is 12.1 Å². The minimum absolute atomic E-state index is 0.0684. The zero-order valence-corrected chi connectivity index (χ0v) is 19.4. The van der Waals surface area contributed by atoms with E-state index in [0.29, 0.717) is 18.0 Å². The molecular weight excluding hydrogens is 408 g/mol. The van der Waals surface area contributed by atoms with Crippen molar-refractivity contribution in [2.75, 3.05) is 18.4 Å². The van der Waals surface area contributed by atoms with Gasteiger partial charge in [-0.25, -0.2) is 0 Å². The molecule has 8 nitrogen and oxygen atoms in total. The van der Waals surface area contributed by atoms with Gasteiger partial charge in [0.05, 0.1) is 6.61 Å². The Labute approximate surface area is 190 Å². The van der Waals surface area contributed by atoms with E-state index in [0.717, 1.165) is 44.3 Å². The Morgan fingerprint density at radius 1 is 1.03 bits per heavy atom. The number of carbonyl (C=O) groups excluding carboxylic acids is 3. The topological polar surface area (TPSA) is 120 Å². The molecule has 1 heterocycles. The first kappa shape index (κ1) is 25.8. The van der Waals surface area contributed by atoms with Crippen molar-refractivity contribution in [3.63, 3.8) is 0 Å². The Morgan fingerprint density at radius 2 is 1.69 bits per heavy atom. The Balaban J connectivity index is 1.79. The predicted molar refractivity (Wildman–Crippen MR) is 125 cm³/mol. The number of hydrogen-bond acceptors (Lipinski definition) is 5. The Hall–Kier alpha value is -2.45. The summed E-state index contributed by atoms with van der Waals surface area (Å²) in [6.07, 6.45) is 4.57. The number of anilines is 1. The fraction of sp³-hybridized carbons (Fsp3) is 0.625. The number of aliphatic hydroxyl groups is 1. The number of aliphatic hydroxyl groups excluding tert-OH is 1. The molecule has 1 saturated heterocycles. The van der Waals surface area contributed by atoms with Gasteiger partial charge in [-0.15, -0.1) is 0 Å². The van der Waals surface area contributed by atoms with E-state index >= 15 is 0 Å². The molecule has 32 heavy (non-hydrogen) atoms. The van der Waals surface area contributed by atoms with Crippen LogP contribution in [0.1, 0.15) is 58.4 Å². The highest BCUT2D eigenvalue weighted by molar-refractivity contribution is 5.98. The molecule has 8 heteroatoms. The molecule has 0 spiro atoms. The zero-order valence-electron chi connectivity index (χ0n) is 19.4. The molecule has 0 bridgehead atoms.